The first kappa shape index (κ1) is 13.5. The zero-order valence-corrected chi connectivity index (χ0v) is 11.7. The molecule has 18 heavy (non-hydrogen) atoms. The van der Waals surface area contributed by atoms with Crippen molar-refractivity contribution in [3.8, 4) is 0 Å². The van der Waals surface area contributed by atoms with E-state index in [-0.39, 0.29) is 24.2 Å². The van der Waals surface area contributed by atoms with E-state index in [0.717, 1.165) is 29.8 Å². The van der Waals surface area contributed by atoms with E-state index in [1.807, 2.05) is 18.5 Å². The van der Waals surface area contributed by atoms with Gasteiger partial charge < -0.3 is 5.11 Å². The average molecular weight is 272 g/mol. The molecule has 1 aliphatic heterocycles. The van der Waals surface area contributed by atoms with E-state index in [9.17, 15) is 8.42 Å². The highest BCUT2D eigenvalue weighted by atomic mass is 32.2. The molecule has 1 aliphatic rings. The van der Waals surface area contributed by atoms with Gasteiger partial charge >= 0.3 is 0 Å². The summed E-state index contributed by atoms with van der Waals surface area (Å²) in [6, 6.07) is -0.0171. The first-order chi connectivity index (χ1) is 8.44. The Morgan fingerprint density at radius 1 is 1.44 bits per heavy atom. The van der Waals surface area contributed by atoms with Crippen LogP contribution in [0.3, 0.4) is 0 Å². The minimum absolute atomic E-state index is 0.0171. The molecule has 1 N–H and O–H groups in total. The first-order valence-electron chi connectivity index (χ1n) is 6.30. The van der Waals surface area contributed by atoms with Gasteiger partial charge in [-0.05, 0) is 38.7 Å². The van der Waals surface area contributed by atoms with Crippen molar-refractivity contribution in [3.05, 3.63) is 17.0 Å². The Bertz CT molecular complexity index is 534. The second-order valence-electron chi connectivity index (χ2n) is 4.98. The van der Waals surface area contributed by atoms with Crippen molar-refractivity contribution in [3.63, 3.8) is 0 Å². The number of hydrogen-bond acceptors (Lipinski definition) is 4. The summed E-state index contributed by atoms with van der Waals surface area (Å²) in [5, 5.41) is 13.4. The van der Waals surface area contributed by atoms with E-state index in [2.05, 4.69) is 5.10 Å². The number of hydrogen-bond donors (Lipinski definition) is 1. The number of rotatable bonds is 4. The maximum Gasteiger partial charge on any atom is 0.152 e. The van der Waals surface area contributed by atoms with Crippen LogP contribution < -0.4 is 0 Å². The van der Waals surface area contributed by atoms with Crippen LogP contribution in [0.25, 0.3) is 0 Å². The molecule has 0 bridgehead atoms. The summed E-state index contributed by atoms with van der Waals surface area (Å²) in [6.07, 6.45) is 2.17. The third kappa shape index (κ3) is 2.59. The smallest absolute Gasteiger partial charge is 0.152 e. The van der Waals surface area contributed by atoms with Gasteiger partial charge in [-0.2, -0.15) is 5.10 Å². The van der Waals surface area contributed by atoms with Crippen LogP contribution in [0.5, 0.6) is 0 Å². The molecule has 0 aliphatic carbocycles. The lowest BCUT2D eigenvalue weighted by molar-refractivity contribution is 0.288. The zero-order chi connectivity index (χ0) is 13.3. The van der Waals surface area contributed by atoms with Gasteiger partial charge in [0.2, 0.25) is 0 Å². The van der Waals surface area contributed by atoms with E-state index in [4.69, 9.17) is 5.11 Å². The van der Waals surface area contributed by atoms with Gasteiger partial charge in [-0.25, -0.2) is 8.42 Å². The highest BCUT2D eigenvalue weighted by molar-refractivity contribution is 7.91. The second kappa shape index (κ2) is 5.01. The maximum absolute atomic E-state index is 11.5. The quantitative estimate of drug-likeness (QED) is 0.879. The van der Waals surface area contributed by atoms with Crippen LogP contribution in [-0.2, 0) is 16.3 Å². The highest BCUT2D eigenvalue weighted by Crippen LogP contribution is 2.27. The minimum atomic E-state index is -2.88. The summed E-state index contributed by atoms with van der Waals surface area (Å²) >= 11 is 0. The van der Waals surface area contributed by atoms with Crippen LogP contribution in [0.2, 0.25) is 0 Å². The van der Waals surface area contributed by atoms with Gasteiger partial charge in [-0.15, -0.1) is 0 Å². The molecular formula is C12H20N2O3S. The topological polar surface area (TPSA) is 72.2 Å². The molecular weight excluding hydrogens is 252 g/mol. The van der Waals surface area contributed by atoms with Crippen molar-refractivity contribution < 1.29 is 13.5 Å². The van der Waals surface area contributed by atoms with Crippen molar-refractivity contribution in [1.82, 2.24) is 9.78 Å². The van der Waals surface area contributed by atoms with Gasteiger partial charge in [-0.3, -0.25) is 4.68 Å². The molecule has 0 amide bonds. The molecule has 2 rings (SSSR count). The zero-order valence-electron chi connectivity index (χ0n) is 10.9. The average Bonchev–Trinajstić information content (AvgIpc) is 2.78. The van der Waals surface area contributed by atoms with Crippen molar-refractivity contribution in [2.45, 2.75) is 39.2 Å². The molecule has 0 saturated carbocycles. The van der Waals surface area contributed by atoms with Crippen LogP contribution in [0.1, 0.15) is 35.8 Å². The molecule has 6 heteroatoms. The van der Waals surface area contributed by atoms with Gasteiger partial charge in [0, 0.05) is 12.3 Å². The number of sulfone groups is 1. The maximum atomic E-state index is 11.5. The van der Waals surface area contributed by atoms with Gasteiger partial charge in [0.25, 0.3) is 0 Å². The summed E-state index contributed by atoms with van der Waals surface area (Å²) in [4.78, 5) is 0. The fourth-order valence-corrected chi connectivity index (χ4v) is 4.33. The lowest BCUT2D eigenvalue weighted by atomic mass is 10.1. The number of aryl methyl sites for hydroxylation is 1. The number of aliphatic hydroxyl groups is 1. The molecule has 2 heterocycles. The van der Waals surface area contributed by atoms with Crippen molar-refractivity contribution in [2.24, 2.45) is 0 Å². The first-order valence-corrected chi connectivity index (χ1v) is 8.12. The number of nitrogens with zero attached hydrogens (tertiary/aromatic N) is 2. The van der Waals surface area contributed by atoms with Crippen LogP contribution in [0, 0.1) is 13.8 Å². The fraction of sp³-hybridized carbons (Fsp3) is 0.750. The lowest BCUT2D eigenvalue weighted by Crippen LogP contribution is -2.14. The Morgan fingerprint density at radius 2 is 2.17 bits per heavy atom. The van der Waals surface area contributed by atoms with Crippen LogP contribution in [-0.4, -0.2) is 41.4 Å². The Hall–Kier alpha value is -0.880. The van der Waals surface area contributed by atoms with Crippen molar-refractivity contribution in [2.75, 3.05) is 18.1 Å². The summed E-state index contributed by atoms with van der Waals surface area (Å²) < 4.78 is 24.9. The summed E-state index contributed by atoms with van der Waals surface area (Å²) in [6.45, 7) is 4.10. The van der Waals surface area contributed by atoms with Crippen LogP contribution in [0.15, 0.2) is 0 Å². The molecule has 0 spiro atoms. The third-order valence-electron chi connectivity index (χ3n) is 3.61. The summed E-state index contributed by atoms with van der Waals surface area (Å²) in [7, 11) is -2.88. The number of aromatic nitrogens is 2. The Morgan fingerprint density at radius 3 is 2.72 bits per heavy atom. The SMILES string of the molecule is Cc1nn(C2CCS(=O)(=O)C2)c(C)c1CCCO. The minimum Gasteiger partial charge on any atom is -0.396 e. The van der Waals surface area contributed by atoms with E-state index in [1.165, 1.54) is 0 Å². The van der Waals surface area contributed by atoms with Gasteiger partial charge in [0.05, 0.1) is 23.2 Å². The Kier molecular flexibility index (Phi) is 3.77. The Labute approximate surface area is 108 Å². The third-order valence-corrected chi connectivity index (χ3v) is 5.36. The molecule has 1 atom stereocenters. The molecule has 1 aromatic rings. The van der Waals surface area contributed by atoms with E-state index < -0.39 is 9.84 Å². The lowest BCUT2D eigenvalue weighted by Gasteiger charge is -2.11. The molecule has 102 valence electrons. The molecule has 1 unspecified atom stereocenters. The predicted octanol–water partition coefficient (Wildman–Crippen LogP) is 0.784. The second-order valence-corrected chi connectivity index (χ2v) is 7.21. The predicted molar refractivity (Wildman–Crippen MR) is 69.4 cm³/mol. The summed E-state index contributed by atoms with van der Waals surface area (Å²) in [5.74, 6) is 0.469. The van der Waals surface area contributed by atoms with E-state index in [1.54, 1.807) is 0 Å². The standard InChI is InChI=1S/C12H20N2O3S/c1-9-12(4-3-6-15)10(2)14(13-9)11-5-7-18(16,17)8-11/h11,15H,3-8H2,1-2H3. The molecule has 1 saturated heterocycles. The van der Waals surface area contributed by atoms with E-state index in [0.29, 0.717) is 6.42 Å². The largest absolute Gasteiger partial charge is 0.396 e. The van der Waals surface area contributed by atoms with Gasteiger partial charge in [0.15, 0.2) is 9.84 Å². The van der Waals surface area contributed by atoms with Crippen LogP contribution >= 0.6 is 0 Å². The molecule has 0 radical (unpaired) electrons. The monoisotopic (exact) mass is 272 g/mol. The van der Waals surface area contributed by atoms with Gasteiger partial charge in [-0.1, -0.05) is 0 Å². The van der Waals surface area contributed by atoms with Crippen LogP contribution in [0.4, 0.5) is 0 Å². The molecule has 5 nitrogen and oxygen atoms in total. The summed E-state index contributed by atoms with van der Waals surface area (Å²) in [5.41, 5.74) is 3.14. The van der Waals surface area contributed by atoms with E-state index >= 15 is 0 Å². The van der Waals surface area contributed by atoms with Crippen molar-refractivity contribution >= 4 is 9.84 Å². The molecule has 0 aromatic carbocycles. The normalized spacial score (nSPS) is 22.5. The molecule has 1 aromatic heterocycles. The van der Waals surface area contributed by atoms with Gasteiger partial charge in [0.1, 0.15) is 0 Å². The molecule has 1 fully saturated rings. The fourth-order valence-electron chi connectivity index (χ4n) is 2.64. The highest BCUT2D eigenvalue weighted by Gasteiger charge is 2.31. The van der Waals surface area contributed by atoms with Crippen molar-refractivity contribution in [1.29, 1.82) is 0 Å². The Balaban J connectivity index is 2.25. The number of aliphatic hydroxyl groups excluding tert-OH is 1.